The zero-order chi connectivity index (χ0) is 10.5. The highest BCUT2D eigenvalue weighted by atomic mass is 14.9. The molecule has 1 nitrogen and oxygen atoms in total. The predicted molar refractivity (Wildman–Crippen MR) is 61.7 cm³/mol. The molecule has 1 rings (SSSR count). The predicted octanol–water partition coefficient (Wildman–Crippen LogP) is 3.06. The van der Waals surface area contributed by atoms with Crippen LogP contribution < -0.4 is 5.32 Å². The highest BCUT2D eigenvalue weighted by Gasteiger charge is 2.08. The van der Waals surface area contributed by atoms with Crippen LogP contribution in [-0.2, 0) is 0 Å². The molecule has 0 aromatic rings. The lowest BCUT2D eigenvalue weighted by molar-refractivity contribution is 0.447. The molecular weight excluding hydrogens is 158 g/mol. The van der Waals surface area contributed by atoms with E-state index in [9.17, 15) is 0 Å². The molecule has 0 aliphatic carbocycles. The maximum absolute atomic E-state index is 3.31. The minimum Gasteiger partial charge on any atom is -0.317 e. The Hall–Kier alpha value is -0.480. The molecule has 13 heavy (non-hydrogen) atoms. The van der Waals surface area contributed by atoms with Gasteiger partial charge in [-0.25, -0.2) is 0 Å². The molecule has 0 saturated carbocycles. The molecule has 0 aromatic carbocycles. The van der Waals surface area contributed by atoms with E-state index < -0.39 is 0 Å². The van der Waals surface area contributed by atoms with Gasteiger partial charge in [0.15, 0.2) is 0 Å². The topological polar surface area (TPSA) is 12.0 Å². The molecule has 1 heterocycles. The molecule has 1 aliphatic heterocycles. The number of hydrogen-bond donors (Lipinski definition) is 1. The van der Waals surface area contributed by atoms with Crippen LogP contribution in [0.15, 0.2) is 0 Å². The highest BCUT2D eigenvalue weighted by molar-refractivity contribution is 5.02. The van der Waals surface area contributed by atoms with Crippen LogP contribution in [0.5, 0.6) is 0 Å². The van der Waals surface area contributed by atoms with Crippen LogP contribution in [0, 0.1) is 17.8 Å². The Morgan fingerprint density at radius 3 is 1.85 bits per heavy atom. The van der Waals surface area contributed by atoms with Crippen LogP contribution in [0.2, 0.25) is 0 Å². The molecule has 0 aromatic heterocycles. The SMILES string of the molecule is CC.CC.CC#CC1CCNCC1. The summed E-state index contributed by atoms with van der Waals surface area (Å²) in [4.78, 5) is 0. The number of nitrogens with one attached hydrogen (secondary N) is 1. The molecule has 0 bridgehead atoms. The smallest absolute Gasteiger partial charge is 0.0226 e. The summed E-state index contributed by atoms with van der Waals surface area (Å²) in [5.74, 6) is 6.83. The normalized spacial score (nSPS) is 15.2. The van der Waals surface area contributed by atoms with Crippen molar-refractivity contribution >= 4 is 0 Å². The molecule has 0 atom stereocenters. The summed E-state index contributed by atoms with van der Waals surface area (Å²) in [6.07, 6.45) is 2.47. The van der Waals surface area contributed by atoms with Crippen LogP contribution in [0.1, 0.15) is 47.5 Å². The van der Waals surface area contributed by atoms with E-state index >= 15 is 0 Å². The van der Waals surface area contributed by atoms with Crippen LogP contribution in [0.4, 0.5) is 0 Å². The summed E-state index contributed by atoms with van der Waals surface area (Å²) >= 11 is 0. The Kier molecular flexibility index (Phi) is 16.2. The fourth-order valence-electron chi connectivity index (χ4n) is 1.17. The Morgan fingerprint density at radius 2 is 1.46 bits per heavy atom. The third-order valence-corrected chi connectivity index (χ3v) is 1.69. The molecule has 1 aliphatic rings. The Balaban J connectivity index is 0. The summed E-state index contributed by atoms with van der Waals surface area (Å²) in [6, 6.07) is 0. The van der Waals surface area contributed by atoms with E-state index in [0.29, 0.717) is 5.92 Å². The fourth-order valence-corrected chi connectivity index (χ4v) is 1.17. The summed E-state index contributed by atoms with van der Waals surface area (Å²) in [7, 11) is 0. The van der Waals surface area contributed by atoms with Gasteiger partial charge in [-0.2, -0.15) is 0 Å². The van der Waals surface area contributed by atoms with Crippen LogP contribution in [0.3, 0.4) is 0 Å². The minimum absolute atomic E-state index is 0.677. The van der Waals surface area contributed by atoms with Gasteiger partial charge in [-0.3, -0.25) is 0 Å². The zero-order valence-electron chi connectivity index (χ0n) is 9.91. The molecule has 78 valence electrons. The molecule has 1 fully saturated rings. The lowest BCUT2D eigenvalue weighted by atomic mass is 9.99. The van der Waals surface area contributed by atoms with Crippen molar-refractivity contribution in [1.29, 1.82) is 0 Å². The van der Waals surface area contributed by atoms with E-state index in [2.05, 4.69) is 17.2 Å². The van der Waals surface area contributed by atoms with Crippen molar-refractivity contribution < 1.29 is 0 Å². The first-order valence-corrected chi connectivity index (χ1v) is 5.56. The Labute approximate surface area is 84.3 Å². The monoisotopic (exact) mass is 183 g/mol. The van der Waals surface area contributed by atoms with Crippen molar-refractivity contribution in [2.75, 3.05) is 13.1 Å². The van der Waals surface area contributed by atoms with Gasteiger partial charge in [0.1, 0.15) is 0 Å². The van der Waals surface area contributed by atoms with Gasteiger partial charge in [0.2, 0.25) is 0 Å². The largest absolute Gasteiger partial charge is 0.317 e. The van der Waals surface area contributed by atoms with Crippen molar-refractivity contribution in [2.24, 2.45) is 5.92 Å². The van der Waals surface area contributed by atoms with E-state index in [-0.39, 0.29) is 0 Å². The summed E-state index contributed by atoms with van der Waals surface area (Å²) in [5.41, 5.74) is 0. The third kappa shape index (κ3) is 9.43. The molecular formula is C12H25N. The van der Waals surface area contributed by atoms with Gasteiger partial charge in [0, 0.05) is 5.92 Å². The van der Waals surface area contributed by atoms with Crippen molar-refractivity contribution in [3.8, 4) is 11.8 Å². The van der Waals surface area contributed by atoms with Crippen molar-refractivity contribution in [3.63, 3.8) is 0 Å². The lowest BCUT2D eigenvalue weighted by Crippen LogP contribution is -2.26. The van der Waals surface area contributed by atoms with E-state index in [1.807, 2.05) is 34.6 Å². The molecule has 1 heteroatoms. The van der Waals surface area contributed by atoms with Crippen molar-refractivity contribution in [3.05, 3.63) is 0 Å². The van der Waals surface area contributed by atoms with Gasteiger partial charge in [-0.1, -0.05) is 27.7 Å². The average molecular weight is 183 g/mol. The molecule has 0 radical (unpaired) electrons. The molecule has 0 unspecified atom stereocenters. The first-order chi connectivity index (χ1) is 6.43. The van der Waals surface area contributed by atoms with Gasteiger partial charge in [-0.05, 0) is 32.9 Å². The second-order valence-electron chi connectivity index (χ2n) is 2.42. The van der Waals surface area contributed by atoms with Crippen LogP contribution in [0.25, 0.3) is 0 Å². The molecule has 0 amide bonds. The van der Waals surface area contributed by atoms with E-state index in [4.69, 9.17) is 0 Å². The van der Waals surface area contributed by atoms with E-state index in [1.54, 1.807) is 0 Å². The number of rotatable bonds is 0. The van der Waals surface area contributed by atoms with Crippen LogP contribution >= 0.6 is 0 Å². The second kappa shape index (κ2) is 14.1. The average Bonchev–Trinajstić information content (AvgIpc) is 2.26. The van der Waals surface area contributed by atoms with Crippen molar-refractivity contribution in [1.82, 2.24) is 5.32 Å². The minimum atomic E-state index is 0.677. The summed E-state index contributed by atoms with van der Waals surface area (Å²) < 4.78 is 0. The van der Waals surface area contributed by atoms with Crippen molar-refractivity contribution in [2.45, 2.75) is 47.5 Å². The van der Waals surface area contributed by atoms with Gasteiger partial charge in [-0.15, -0.1) is 11.8 Å². The first kappa shape index (κ1) is 15.0. The maximum Gasteiger partial charge on any atom is 0.0226 e. The molecule has 0 spiro atoms. The molecule has 1 saturated heterocycles. The first-order valence-electron chi connectivity index (χ1n) is 5.56. The number of hydrogen-bond acceptors (Lipinski definition) is 1. The standard InChI is InChI=1S/C8H13N.2C2H6/c1-2-3-8-4-6-9-7-5-8;2*1-2/h8-9H,4-7H2,1H3;2*1-2H3. The summed E-state index contributed by atoms with van der Waals surface area (Å²) in [5, 5.41) is 3.31. The second-order valence-corrected chi connectivity index (χ2v) is 2.42. The van der Waals surface area contributed by atoms with Gasteiger partial charge >= 0.3 is 0 Å². The summed E-state index contributed by atoms with van der Waals surface area (Å²) in [6.45, 7) is 12.2. The fraction of sp³-hybridized carbons (Fsp3) is 0.833. The Morgan fingerprint density at radius 1 is 1.00 bits per heavy atom. The third-order valence-electron chi connectivity index (χ3n) is 1.69. The van der Waals surface area contributed by atoms with E-state index in [0.717, 1.165) is 13.1 Å². The van der Waals surface area contributed by atoms with Gasteiger partial charge < -0.3 is 5.32 Å². The highest BCUT2D eigenvalue weighted by Crippen LogP contribution is 2.08. The maximum atomic E-state index is 3.31. The zero-order valence-corrected chi connectivity index (χ0v) is 9.91. The van der Waals surface area contributed by atoms with Gasteiger partial charge in [0.25, 0.3) is 0 Å². The molecule has 1 N–H and O–H groups in total. The van der Waals surface area contributed by atoms with E-state index in [1.165, 1.54) is 12.8 Å². The Bertz CT molecular complexity index is 124. The van der Waals surface area contributed by atoms with Gasteiger partial charge in [0.05, 0.1) is 0 Å². The quantitative estimate of drug-likeness (QED) is 0.569. The lowest BCUT2D eigenvalue weighted by Gasteiger charge is -2.16. The van der Waals surface area contributed by atoms with Crippen LogP contribution in [-0.4, -0.2) is 13.1 Å². The number of piperidine rings is 1.